The number of likely N-dealkylation sites (N-methyl/N-ethyl adjacent to an activating group) is 1. The summed E-state index contributed by atoms with van der Waals surface area (Å²) in [4.78, 5) is 39.3. The van der Waals surface area contributed by atoms with Gasteiger partial charge >= 0.3 is 6.01 Å². The number of rotatable bonds is 9. The highest BCUT2D eigenvalue weighted by Gasteiger charge is 2.35. The summed E-state index contributed by atoms with van der Waals surface area (Å²) in [5.41, 5.74) is 4.40. The number of nitrogens with zero attached hydrogens (tertiary/aromatic N) is 8. The number of benzene rings is 1. The van der Waals surface area contributed by atoms with Gasteiger partial charge in [0.25, 0.3) is 0 Å². The molecule has 1 amide bonds. The zero-order valence-electron chi connectivity index (χ0n) is 24.5. The number of carbonyl (C=O) groups is 1. The van der Waals surface area contributed by atoms with Crippen LogP contribution in [0.5, 0.6) is 6.01 Å². The summed E-state index contributed by atoms with van der Waals surface area (Å²) in [7, 11) is 2.14. The van der Waals surface area contributed by atoms with E-state index in [1.54, 1.807) is 4.90 Å². The first-order valence-electron chi connectivity index (χ1n) is 14.8. The lowest BCUT2D eigenvalue weighted by Crippen LogP contribution is -2.56. The average molecular weight is 567 g/mol. The molecule has 1 saturated carbocycles. The molecule has 10 heteroatoms. The van der Waals surface area contributed by atoms with E-state index in [-0.39, 0.29) is 18.5 Å². The van der Waals surface area contributed by atoms with E-state index in [1.807, 2.05) is 12.4 Å². The molecule has 0 N–H and O–H groups in total. The van der Waals surface area contributed by atoms with E-state index in [0.717, 1.165) is 47.7 Å². The standard InChI is InChI=1S/C32H38N8O2/c1-5-29(41)40-14-13-39(20-25(40)18-33-3)31-26-11-12-38(28-19-34-17-23-8-6-7-22(2)30(23)28)21-27(26)35-32(36-31)42-16-15-37(4)24-9-10-24/h5-8,17,19,24-25H,1,9-16,18,20-21H2,2,4H3/t25-/m0/s1. The van der Waals surface area contributed by atoms with Crippen molar-refractivity contribution in [1.29, 1.82) is 0 Å². The van der Waals surface area contributed by atoms with Crippen LogP contribution in [0.25, 0.3) is 15.6 Å². The smallest absolute Gasteiger partial charge is 0.318 e. The summed E-state index contributed by atoms with van der Waals surface area (Å²) >= 11 is 0. The molecule has 0 spiro atoms. The number of ether oxygens (including phenoxy) is 1. The Morgan fingerprint density at radius 3 is 2.86 bits per heavy atom. The molecule has 4 heterocycles. The van der Waals surface area contributed by atoms with Crippen LogP contribution in [0.2, 0.25) is 0 Å². The quantitative estimate of drug-likeness (QED) is 0.288. The van der Waals surface area contributed by atoms with E-state index < -0.39 is 0 Å². The van der Waals surface area contributed by atoms with E-state index in [9.17, 15) is 4.79 Å². The fourth-order valence-corrected chi connectivity index (χ4v) is 6.26. The molecule has 1 aromatic carbocycles. The van der Waals surface area contributed by atoms with Gasteiger partial charge in [-0.25, -0.2) is 6.57 Å². The fourth-order valence-electron chi connectivity index (χ4n) is 6.26. The second-order valence-electron chi connectivity index (χ2n) is 11.5. The van der Waals surface area contributed by atoms with Crippen molar-refractivity contribution in [2.45, 2.75) is 44.8 Å². The molecule has 2 fully saturated rings. The van der Waals surface area contributed by atoms with Crippen LogP contribution < -0.4 is 14.5 Å². The largest absolute Gasteiger partial charge is 0.462 e. The molecule has 1 atom stereocenters. The van der Waals surface area contributed by atoms with Gasteiger partial charge in [0.05, 0.1) is 24.1 Å². The minimum atomic E-state index is -0.228. The molecule has 0 bridgehead atoms. The monoisotopic (exact) mass is 566 g/mol. The van der Waals surface area contributed by atoms with Gasteiger partial charge in [0, 0.05) is 61.3 Å². The molecule has 1 saturated heterocycles. The van der Waals surface area contributed by atoms with Gasteiger partial charge < -0.3 is 29.2 Å². The lowest BCUT2D eigenvalue weighted by atomic mass is 10.0. The molecular weight excluding hydrogens is 528 g/mol. The Balaban J connectivity index is 1.31. The molecule has 42 heavy (non-hydrogen) atoms. The van der Waals surface area contributed by atoms with Gasteiger partial charge in [0.1, 0.15) is 18.5 Å². The second-order valence-corrected chi connectivity index (χ2v) is 11.5. The number of pyridine rings is 1. The Hall–Kier alpha value is -4.23. The Bertz CT molecular complexity index is 1530. The maximum atomic E-state index is 12.5. The number of hydrogen-bond donors (Lipinski definition) is 0. The molecule has 0 radical (unpaired) electrons. The number of fused-ring (bicyclic) bond motifs is 2. The van der Waals surface area contributed by atoms with Gasteiger partial charge in [0.2, 0.25) is 12.5 Å². The highest BCUT2D eigenvalue weighted by molar-refractivity contribution is 5.96. The highest BCUT2D eigenvalue weighted by atomic mass is 16.5. The zero-order chi connectivity index (χ0) is 29.2. The van der Waals surface area contributed by atoms with Crippen LogP contribution in [0.3, 0.4) is 0 Å². The predicted octanol–water partition coefficient (Wildman–Crippen LogP) is 3.49. The van der Waals surface area contributed by atoms with Crippen LogP contribution in [0.15, 0.2) is 43.2 Å². The summed E-state index contributed by atoms with van der Waals surface area (Å²) in [6, 6.07) is 7.14. The third kappa shape index (κ3) is 5.61. The number of piperazine rings is 1. The summed E-state index contributed by atoms with van der Waals surface area (Å²) in [5, 5.41) is 2.35. The second kappa shape index (κ2) is 11.9. The maximum Gasteiger partial charge on any atom is 0.318 e. The Labute approximate surface area is 247 Å². The molecule has 3 aromatic rings. The van der Waals surface area contributed by atoms with E-state index >= 15 is 0 Å². The number of aromatic nitrogens is 3. The maximum absolute atomic E-state index is 12.5. The van der Waals surface area contributed by atoms with Crippen molar-refractivity contribution in [3.63, 3.8) is 0 Å². The summed E-state index contributed by atoms with van der Waals surface area (Å²) in [5.74, 6) is 0.726. The lowest BCUT2D eigenvalue weighted by Gasteiger charge is -2.41. The average Bonchev–Trinajstić information content (AvgIpc) is 3.86. The summed E-state index contributed by atoms with van der Waals surface area (Å²) in [6.07, 6.45) is 8.49. The van der Waals surface area contributed by atoms with Crippen LogP contribution in [0.4, 0.5) is 11.5 Å². The molecule has 2 aromatic heterocycles. The first-order chi connectivity index (χ1) is 20.5. The zero-order valence-corrected chi connectivity index (χ0v) is 24.5. The minimum absolute atomic E-state index is 0.133. The van der Waals surface area contributed by atoms with Crippen LogP contribution in [0, 0.1) is 13.5 Å². The molecule has 2 aliphatic heterocycles. The first-order valence-corrected chi connectivity index (χ1v) is 14.8. The van der Waals surface area contributed by atoms with E-state index in [1.165, 1.54) is 29.9 Å². The molecule has 3 aliphatic rings. The van der Waals surface area contributed by atoms with Crippen molar-refractivity contribution in [2.75, 3.05) is 62.7 Å². The Morgan fingerprint density at radius 1 is 1.21 bits per heavy atom. The van der Waals surface area contributed by atoms with Gasteiger partial charge in [-0.3, -0.25) is 9.78 Å². The van der Waals surface area contributed by atoms with Crippen molar-refractivity contribution in [3.05, 3.63) is 71.5 Å². The number of hydrogen-bond acceptors (Lipinski definition) is 8. The molecule has 1 aliphatic carbocycles. The number of aryl methyl sites for hydroxylation is 1. The Kier molecular flexibility index (Phi) is 7.94. The van der Waals surface area contributed by atoms with Gasteiger partial charge in [-0.15, -0.1) is 0 Å². The predicted molar refractivity (Wildman–Crippen MR) is 164 cm³/mol. The highest BCUT2D eigenvalue weighted by Crippen LogP contribution is 2.35. The third-order valence-electron chi connectivity index (χ3n) is 8.72. The molecule has 218 valence electrons. The molecule has 10 nitrogen and oxygen atoms in total. The van der Waals surface area contributed by atoms with Crippen LogP contribution in [0.1, 0.15) is 29.7 Å². The van der Waals surface area contributed by atoms with Gasteiger partial charge in [0.15, 0.2) is 0 Å². The minimum Gasteiger partial charge on any atom is -0.462 e. The van der Waals surface area contributed by atoms with Crippen LogP contribution in [-0.4, -0.2) is 95.7 Å². The van der Waals surface area contributed by atoms with Gasteiger partial charge in [-0.1, -0.05) is 24.8 Å². The van der Waals surface area contributed by atoms with Crippen molar-refractivity contribution >= 4 is 28.2 Å². The Morgan fingerprint density at radius 2 is 2.07 bits per heavy atom. The van der Waals surface area contributed by atoms with Gasteiger partial charge in [-0.05, 0) is 44.9 Å². The third-order valence-corrected chi connectivity index (χ3v) is 8.72. The normalized spacial score (nSPS) is 18.6. The van der Waals surface area contributed by atoms with E-state index in [4.69, 9.17) is 21.3 Å². The SMILES string of the molecule is [C-]#[N+]C[C@H]1CN(c2nc(OCCN(C)C3CC3)nc3c2CCN(c2cncc4cccc(C)c24)C3)CCN1C(=O)C=C. The first kappa shape index (κ1) is 27.9. The fraction of sp³-hybridized carbons (Fsp3) is 0.469. The van der Waals surface area contributed by atoms with Crippen molar-refractivity contribution < 1.29 is 9.53 Å². The van der Waals surface area contributed by atoms with Crippen LogP contribution in [-0.2, 0) is 17.8 Å². The van der Waals surface area contributed by atoms with E-state index in [2.05, 4.69) is 63.3 Å². The van der Waals surface area contributed by atoms with Crippen molar-refractivity contribution in [3.8, 4) is 6.01 Å². The summed E-state index contributed by atoms with van der Waals surface area (Å²) in [6.45, 7) is 18.0. The van der Waals surface area contributed by atoms with Gasteiger partial charge in [-0.2, -0.15) is 9.97 Å². The van der Waals surface area contributed by atoms with E-state index in [0.29, 0.717) is 44.8 Å². The number of anilines is 2. The molecule has 0 unspecified atom stereocenters. The molecular formula is C32H38N8O2. The summed E-state index contributed by atoms with van der Waals surface area (Å²) < 4.78 is 6.19. The topological polar surface area (TPSA) is 82.3 Å². The molecule has 6 rings (SSSR count). The van der Waals surface area contributed by atoms with Crippen molar-refractivity contribution in [1.82, 2.24) is 24.8 Å². The number of amides is 1. The van der Waals surface area contributed by atoms with Crippen molar-refractivity contribution in [2.24, 2.45) is 0 Å². The number of carbonyl (C=O) groups excluding carboxylic acids is 1. The lowest BCUT2D eigenvalue weighted by molar-refractivity contribution is -0.128. The van der Waals surface area contributed by atoms with Crippen LogP contribution >= 0.6 is 0 Å².